The van der Waals surface area contributed by atoms with Crippen molar-refractivity contribution in [2.24, 2.45) is 0 Å². The first-order valence-corrected chi connectivity index (χ1v) is 8.46. The quantitative estimate of drug-likeness (QED) is 0.436. The van der Waals surface area contributed by atoms with Gasteiger partial charge in [-0.15, -0.1) is 0 Å². The molecule has 1 N–H and O–H groups in total. The first-order valence-electron chi connectivity index (χ1n) is 8.46. The second-order valence-corrected chi connectivity index (χ2v) is 6.47. The molecule has 0 saturated heterocycles. The zero-order valence-electron chi connectivity index (χ0n) is 16.3. The number of carbonyl (C=O) groups excluding carboxylic acids is 2. The van der Waals surface area contributed by atoms with Crippen LogP contribution >= 0.6 is 0 Å². The van der Waals surface area contributed by atoms with Gasteiger partial charge in [0.05, 0.1) is 12.6 Å². The Bertz CT molecular complexity index is 726. The summed E-state index contributed by atoms with van der Waals surface area (Å²) in [5.74, 6) is -1.22. The topological polar surface area (TPSA) is 93.3 Å². The molecule has 0 aromatic carbocycles. The molecule has 1 heterocycles. The van der Waals surface area contributed by atoms with Crippen LogP contribution in [-0.2, 0) is 19.1 Å². The standard InChI is InChI=1S/C19H27N3O4/c1-12(2)21-18(23)11-26-19(24)17(9-20)8-16-7-13(3)22(15(16)5)14(4)10-25-6/h7-8,12,14H,10-11H2,1-6H3,(H,21,23)/b17-8+/t14-/m1/s1. The molecule has 0 spiro atoms. The number of amides is 1. The van der Waals surface area contributed by atoms with Gasteiger partial charge < -0.3 is 19.4 Å². The van der Waals surface area contributed by atoms with E-state index in [0.29, 0.717) is 6.61 Å². The van der Waals surface area contributed by atoms with E-state index in [-0.39, 0.29) is 17.7 Å². The Kier molecular flexibility index (Phi) is 8.07. The molecule has 7 heteroatoms. The summed E-state index contributed by atoms with van der Waals surface area (Å²) in [7, 11) is 1.64. The van der Waals surface area contributed by atoms with Crippen molar-refractivity contribution in [2.75, 3.05) is 20.3 Å². The third kappa shape index (κ3) is 5.74. The molecule has 1 aromatic rings. The number of hydrogen-bond donors (Lipinski definition) is 1. The van der Waals surface area contributed by atoms with Crippen LogP contribution in [0.4, 0.5) is 0 Å². The highest BCUT2D eigenvalue weighted by molar-refractivity contribution is 5.99. The van der Waals surface area contributed by atoms with E-state index in [4.69, 9.17) is 9.47 Å². The number of aromatic nitrogens is 1. The van der Waals surface area contributed by atoms with Gasteiger partial charge in [-0.3, -0.25) is 4.79 Å². The second-order valence-electron chi connectivity index (χ2n) is 6.47. The summed E-state index contributed by atoms with van der Waals surface area (Å²) in [5.41, 5.74) is 2.53. The molecule has 0 fully saturated rings. The predicted octanol–water partition coefficient (Wildman–Crippen LogP) is 2.29. The molecule has 7 nitrogen and oxygen atoms in total. The molecule has 0 aliphatic heterocycles. The normalized spacial score (nSPS) is 12.6. The van der Waals surface area contributed by atoms with Crippen molar-refractivity contribution in [3.63, 3.8) is 0 Å². The number of hydrogen-bond acceptors (Lipinski definition) is 5. The van der Waals surface area contributed by atoms with Crippen LogP contribution in [0.1, 0.15) is 43.8 Å². The second kappa shape index (κ2) is 9.78. The molecule has 0 aliphatic carbocycles. The minimum Gasteiger partial charge on any atom is -0.451 e. The van der Waals surface area contributed by atoms with Crippen LogP contribution in [0.15, 0.2) is 11.6 Å². The van der Waals surface area contributed by atoms with Gasteiger partial charge in [0.1, 0.15) is 11.6 Å². The average Bonchev–Trinajstić information content (AvgIpc) is 2.83. The Hall–Kier alpha value is -2.59. The van der Waals surface area contributed by atoms with E-state index >= 15 is 0 Å². The van der Waals surface area contributed by atoms with Gasteiger partial charge in [0.25, 0.3) is 5.91 Å². The molecule has 1 aromatic heterocycles. The third-order valence-corrected chi connectivity index (χ3v) is 3.80. The summed E-state index contributed by atoms with van der Waals surface area (Å²) in [6, 6.07) is 3.82. The summed E-state index contributed by atoms with van der Waals surface area (Å²) < 4.78 is 12.2. The van der Waals surface area contributed by atoms with Crippen molar-refractivity contribution in [3.05, 3.63) is 28.6 Å². The maximum Gasteiger partial charge on any atom is 0.349 e. The lowest BCUT2D eigenvalue weighted by molar-refractivity contribution is -0.144. The monoisotopic (exact) mass is 361 g/mol. The SMILES string of the molecule is COC[C@@H](C)n1c(C)cc(/C=C(\C#N)C(=O)OCC(=O)NC(C)C)c1C. The number of nitrogens with one attached hydrogen (secondary N) is 1. The van der Waals surface area contributed by atoms with Gasteiger partial charge in [0.15, 0.2) is 6.61 Å². The largest absolute Gasteiger partial charge is 0.451 e. The molecule has 142 valence electrons. The van der Waals surface area contributed by atoms with E-state index in [1.165, 1.54) is 6.08 Å². The summed E-state index contributed by atoms with van der Waals surface area (Å²) in [4.78, 5) is 23.6. The first-order chi connectivity index (χ1) is 12.2. The van der Waals surface area contributed by atoms with Crippen molar-refractivity contribution < 1.29 is 19.1 Å². The molecular weight excluding hydrogens is 334 g/mol. The lowest BCUT2D eigenvalue weighted by Gasteiger charge is -2.17. The number of methoxy groups -OCH3 is 1. The first kappa shape index (κ1) is 21.5. The highest BCUT2D eigenvalue weighted by Crippen LogP contribution is 2.23. The number of rotatable bonds is 8. The molecule has 26 heavy (non-hydrogen) atoms. The molecular formula is C19H27N3O4. The molecule has 1 atom stereocenters. The van der Waals surface area contributed by atoms with Crippen molar-refractivity contribution >= 4 is 18.0 Å². The minimum absolute atomic E-state index is 0.0494. The highest BCUT2D eigenvalue weighted by atomic mass is 16.5. The molecule has 0 saturated carbocycles. The van der Waals surface area contributed by atoms with Gasteiger partial charge in [-0.25, -0.2) is 4.79 Å². The van der Waals surface area contributed by atoms with Crippen LogP contribution in [0.25, 0.3) is 6.08 Å². The van der Waals surface area contributed by atoms with E-state index in [1.54, 1.807) is 21.0 Å². The third-order valence-electron chi connectivity index (χ3n) is 3.80. The smallest absolute Gasteiger partial charge is 0.349 e. The average molecular weight is 361 g/mol. The van der Waals surface area contributed by atoms with Gasteiger partial charge in [0.2, 0.25) is 0 Å². The maximum atomic E-state index is 12.1. The van der Waals surface area contributed by atoms with Crippen molar-refractivity contribution in [2.45, 2.75) is 46.7 Å². The molecule has 0 unspecified atom stereocenters. The molecule has 0 radical (unpaired) electrons. The minimum atomic E-state index is -0.818. The molecule has 1 rings (SSSR count). The number of esters is 1. The number of nitrogens with zero attached hydrogens (tertiary/aromatic N) is 2. The van der Waals surface area contributed by atoms with Crippen LogP contribution in [0.5, 0.6) is 0 Å². The highest BCUT2D eigenvalue weighted by Gasteiger charge is 2.17. The van der Waals surface area contributed by atoms with Crippen LogP contribution in [0.3, 0.4) is 0 Å². The van der Waals surface area contributed by atoms with E-state index in [0.717, 1.165) is 17.0 Å². The molecule has 1 amide bonds. The summed E-state index contributed by atoms with van der Waals surface area (Å²) in [5, 5.41) is 11.9. The van der Waals surface area contributed by atoms with Gasteiger partial charge in [-0.05, 0) is 52.3 Å². The number of ether oxygens (including phenoxy) is 2. The predicted molar refractivity (Wildman–Crippen MR) is 98.3 cm³/mol. The Morgan fingerprint density at radius 3 is 2.54 bits per heavy atom. The Morgan fingerprint density at radius 1 is 1.35 bits per heavy atom. The number of aryl methyl sites for hydroxylation is 1. The Balaban J connectivity index is 2.96. The molecule has 0 aliphatic rings. The van der Waals surface area contributed by atoms with Crippen molar-refractivity contribution in [1.29, 1.82) is 5.26 Å². The van der Waals surface area contributed by atoms with Gasteiger partial charge >= 0.3 is 5.97 Å². The number of nitriles is 1. The zero-order chi connectivity index (χ0) is 19.9. The maximum absolute atomic E-state index is 12.1. The van der Waals surface area contributed by atoms with Crippen LogP contribution < -0.4 is 5.32 Å². The fourth-order valence-corrected chi connectivity index (χ4v) is 2.81. The van der Waals surface area contributed by atoms with Crippen molar-refractivity contribution in [1.82, 2.24) is 9.88 Å². The molecule has 0 bridgehead atoms. The van der Waals surface area contributed by atoms with E-state index < -0.39 is 18.5 Å². The van der Waals surface area contributed by atoms with E-state index in [2.05, 4.69) is 9.88 Å². The van der Waals surface area contributed by atoms with Crippen LogP contribution in [0, 0.1) is 25.2 Å². The number of carbonyl (C=O) groups is 2. The summed E-state index contributed by atoms with van der Waals surface area (Å²) in [6.07, 6.45) is 1.49. The van der Waals surface area contributed by atoms with E-state index in [9.17, 15) is 14.9 Å². The zero-order valence-corrected chi connectivity index (χ0v) is 16.3. The fraction of sp³-hybridized carbons (Fsp3) is 0.526. The lowest BCUT2D eigenvalue weighted by Crippen LogP contribution is -2.34. The summed E-state index contributed by atoms with van der Waals surface area (Å²) >= 11 is 0. The Morgan fingerprint density at radius 2 is 2.00 bits per heavy atom. The van der Waals surface area contributed by atoms with E-state index in [1.807, 2.05) is 32.9 Å². The van der Waals surface area contributed by atoms with Gasteiger partial charge in [-0.2, -0.15) is 5.26 Å². The summed E-state index contributed by atoms with van der Waals surface area (Å²) in [6.45, 7) is 9.65. The van der Waals surface area contributed by atoms with Gasteiger partial charge in [0, 0.05) is 24.5 Å². The van der Waals surface area contributed by atoms with Crippen LogP contribution in [-0.4, -0.2) is 42.8 Å². The Labute approximate surface area is 154 Å². The lowest BCUT2D eigenvalue weighted by atomic mass is 10.1. The van der Waals surface area contributed by atoms with Crippen molar-refractivity contribution in [3.8, 4) is 6.07 Å². The van der Waals surface area contributed by atoms with Crippen LogP contribution in [0.2, 0.25) is 0 Å². The van der Waals surface area contributed by atoms with Gasteiger partial charge in [-0.1, -0.05) is 0 Å². The fourth-order valence-electron chi connectivity index (χ4n) is 2.81.